The largest absolute Gasteiger partial charge is 0.351 e. The molecule has 6 nitrogen and oxygen atoms in total. The second-order valence-electron chi connectivity index (χ2n) is 4.24. The summed E-state index contributed by atoms with van der Waals surface area (Å²) in [5.74, 6) is -0.150. The maximum atomic E-state index is 12.2. The standard InChI is InChI=1S/C14H25N3O3/c1-5-11-9-12(17(6-2)16-11)14(18)15-10-13(19-7-3)20-8-4/h9,13H,5-8,10H2,1-4H3,(H,15,18). The first-order chi connectivity index (χ1) is 9.65. The molecule has 6 heteroatoms. The Kier molecular flexibility index (Phi) is 7.25. The van der Waals surface area contributed by atoms with Gasteiger partial charge in [-0.3, -0.25) is 9.48 Å². The van der Waals surface area contributed by atoms with Gasteiger partial charge in [-0.15, -0.1) is 0 Å². The van der Waals surface area contributed by atoms with Crippen molar-refractivity contribution in [3.05, 3.63) is 17.5 Å². The molecule has 0 atom stereocenters. The number of nitrogens with zero attached hydrogens (tertiary/aromatic N) is 2. The van der Waals surface area contributed by atoms with Gasteiger partial charge in [0.2, 0.25) is 0 Å². The molecule has 0 aliphatic carbocycles. The Morgan fingerprint density at radius 3 is 2.45 bits per heavy atom. The minimum Gasteiger partial charge on any atom is -0.351 e. The SMILES string of the molecule is CCOC(CNC(=O)c1cc(CC)nn1CC)OCC. The van der Waals surface area contributed by atoms with E-state index in [1.54, 1.807) is 4.68 Å². The Balaban J connectivity index is 2.63. The first-order valence-corrected chi connectivity index (χ1v) is 7.24. The normalized spacial score (nSPS) is 11.1. The molecule has 0 aromatic carbocycles. The zero-order valence-corrected chi connectivity index (χ0v) is 12.8. The van der Waals surface area contributed by atoms with E-state index in [1.807, 2.05) is 33.8 Å². The lowest BCUT2D eigenvalue weighted by Gasteiger charge is -2.17. The molecule has 1 N–H and O–H groups in total. The summed E-state index contributed by atoms with van der Waals surface area (Å²) in [5, 5.41) is 7.19. The maximum absolute atomic E-state index is 12.2. The Morgan fingerprint density at radius 1 is 1.30 bits per heavy atom. The number of nitrogens with one attached hydrogen (secondary N) is 1. The molecule has 0 aliphatic heterocycles. The number of carbonyl (C=O) groups excluding carboxylic acids is 1. The van der Waals surface area contributed by atoms with Crippen molar-refractivity contribution in [1.82, 2.24) is 15.1 Å². The summed E-state index contributed by atoms with van der Waals surface area (Å²) in [5.41, 5.74) is 1.50. The van der Waals surface area contributed by atoms with Gasteiger partial charge in [-0.1, -0.05) is 6.92 Å². The second-order valence-corrected chi connectivity index (χ2v) is 4.24. The lowest BCUT2D eigenvalue weighted by Crippen LogP contribution is -2.36. The van der Waals surface area contributed by atoms with E-state index >= 15 is 0 Å². The highest BCUT2D eigenvalue weighted by atomic mass is 16.7. The van der Waals surface area contributed by atoms with E-state index in [2.05, 4.69) is 10.4 Å². The molecular weight excluding hydrogens is 258 g/mol. The zero-order chi connectivity index (χ0) is 15.0. The number of ether oxygens (including phenoxy) is 2. The van der Waals surface area contributed by atoms with Crippen LogP contribution in [0.25, 0.3) is 0 Å². The molecule has 0 bridgehead atoms. The summed E-state index contributed by atoms with van der Waals surface area (Å²) >= 11 is 0. The zero-order valence-electron chi connectivity index (χ0n) is 12.8. The number of aryl methyl sites for hydroxylation is 2. The Hall–Kier alpha value is -1.40. The summed E-state index contributed by atoms with van der Waals surface area (Å²) in [6, 6.07) is 1.83. The molecule has 0 radical (unpaired) electrons. The van der Waals surface area contributed by atoms with Crippen molar-refractivity contribution < 1.29 is 14.3 Å². The van der Waals surface area contributed by atoms with Gasteiger partial charge in [-0.25, -0.2) is 0 Å². The molecule has 114 valence electrons. The van der Waals surface area contributed by atoms with Gasteiger partial charge in [0.25, 0.3) is 5.91 Å². The van der Waals surface area contributed by atoms with Crippen LogP contribution in [-0.4, -0.2) is 41.7 Å². The van der Waals surface area contributed by atoms with E-state index in [4.69, 9.17) is 9.47 Å². The smallest absolute Gasteiger partial charge is 0.269 e. The van der Waals surface area contributed by atoms with Crippen molar-refractivity contribution in [3.63, 3.8) is 0 Å². The molecular formula is C14H25N3O3. The van der Waals surface area contributed by atoms with Crippen molar-refractivity contribution >= 4 is 5.91 Å². The van der Waals surface area contributed by atoms with Crippen LogP contribution in [0.2, 0.25) is 0 Å². The van der Waals surface area contributed by atoms with Crippen LogP contribution in [0.3, 0.4) is 0 Å². The summed E-state index contributed by atoms with van der Waals surface area (Å²) in [6.07, 6.45) is 0.408. The lowest BCUT2D eigenvalue weighted by atomic mass is 10.3. The summed E-state index contributed by atoms with van der Waals surface area (Å²) in [4.78, 5) is 12.2. The van der Waals surface area contributed by atoms with Gasteiger partial charge in [0.1, 0.15) is 5.69 Å². The molecule has 0 spiro atoms. The molecule has 1 amide bonds. The number of hydrogen-bond acceptors (Lipinski definition) is 4. The van der Waals surface area contributed by atoms with Gasteiger partial charge in [-0.2, -0.15) is 5.10 Å². The molecule has 0 saturated carbocycles. The molecule has 1 aromatic rings. The van der Waals surface area contributed by atoms with Crippen molar-refractivity contribution in [1.29, 1.82) is 0 Å². The van der Waals surface area contributed by atoms with Crippen molar-refractivity contribution in [2.24, 2.45) is 0 Å². The third-order valence-electron chi connectivity index (χ3n) is 2.86. The Morgan fingerprint density at radius 2 is 1.95 bits per heavy atom. The fourth-order valence-corrected chi connectivity index (χ4v) is 1.87. The average Bonchev–Trinajstić information content (AvgIpc) is 2.88. The molecule has 0 aliphatic rings. The highest BCUT2D eigenvalue weighted by Crippen LogP contribution is 2.06. The van der Waals surface area contributed by atoms with E-state index in [0.717, 1.165) is 12.1 Å². The Labute approximate surface area is 120 Å². The van der Waals surface area contributed by atoms with E-state index in [0.29, 0.717) is 32.0 Å². The minimum atomic E-state index is -0.405. The van der Waals surface area contributed by atoms with Gasteiger partial charge in [0, 0.05) is 19.8 Å². The van der Waals surface area contributed by atoms with Gasteiger partial charge in [0.05, 0.1) is 12.2 Å². The summed E-state index contributed by atoms with van der Waals surface area (Å²) < 4.78 is 12.5. The number of rotatable bonds is 9. The van der Waals surface area contributed by atoms with Crippen LogP contribution in [0, 0.1) is 0 Å². The first kappa shape index (κ1) is 16.7. The van der Waals surface area contributed by atoms with Gasteiger partial charge in [-0.05, 0) is 33.3 Å². The summed E-state index contributed by atoms with van der Waals surface area (Å²) in [6.45, 7) is 9.87. The molecule has 1 heterocycles. The van der Waals surface area contributed by atoms with Crippen LogP contribution in [0.1, 0.15) is 43.9 Å². The van der Waals surface area contributed by atoms with Crippen molar-refractivity contribution in [2.75, 3.05) is 19.8 Å². The molecule has 1 rings (SSSR count). The quantitative estimate of drug-likeness (QED) is 0.699. The maximum Gasteiger partial charge on any atom is 0.269 e. The van der Waals surface area contributed by atoms with Crippen LogP contribution < -0.4 is 5.32 Å². The first-order valence-electron chi connectivity index (χ1n) is 7.24. The predicted molar refractivity (Wildman–Crippen MR) is 76.7 cm³/mol. The number of carbonyl (C=O) groups is 1. The van der Waals surface area contributed by atoms with Crippen LogP contribution in [0.5, 0.6) is 0 Å². The second kappa shape index (κ2) is 8.71. The fourth-order valence-electron chi connectivity index (χ4n) is 1.87. The summed E-state index contributed by atoms with van der Waals surface area (Å²) in [7, 11) is 0. The number of hydrogen-bond donors (Lipinski definition) is 1. The van der Waals surface area contributed by atoms with E-state index in [9.17, 15) is 4.79 Å². The highest BCUT2D eigenvalue weighted by Gasteiger charge is 2.16. The monoisotopic (exact) mass is 283 g/mol. The molecule has 20 heavy (non-hydrogen) atoms. The minimum absolute atomic E-state index is 0.150. The topological polar surface area (TPSA) is 65.4 Å². The molecule has 0 unspecified atom stereocenters. The van der Waals surface area contributed by atoms with Gasteiger partial charge < -0.3 is 14.8 Å². The molecule has 0 fully saturated rings. The van der Waals surface area contributed by atoms with Crippen LogP contribution in [0.4, 0.5) is 0 Å². The lowest BCUT2D eigenvalue weighted by molar-refractivity contribution is -0.131. The predicted octanol–water partition coefficient (Wildman–Crippen LogP) is 1.59. The van der Waals surface area contributed by atoms with Crippen LogP contribution >= 0.6 is 0 Å². The van der Waals surface area contributed by atoms with Crippen molar-refractivity contribution in [3.8, 4) is 0 Å². The van der Waals surface area contributed by atoms with Gasteiger partial charge in [0.15, 0.2) is 6.29 Å². The van der Waals surface area contributed by atoms with Gasteiger partial charge >= 0.3 is 0 Å². The molecule has 1 aromatic heterocycles. The molecule has 0 saturated heterocycles. The van der Waals surface area contributed by atoms with E-state index in [1.165, 1.54) is 0 Å². The number of amides is 1. The van der Waals surface area contributed by atoms with Crippen LogP contribution in [0.15, 0.2) is 6.07 Å². The highest BCUT2D eigenvalue weighted by molar-refractivity contribution is 5.92. The third-order valence-corrected chi connectivity index (χ3v) is 2.86. The van der Waals surface area contributed by atoms with E-state index < -0.39 is 6.29 Å². The average molecular weight is 283 g/mol. The number of aromatic nitrogens is 2. The van der Waals surface area contributed by atoms with Crippen LogP contribution in [-0.2, 0) is 22.4 Å². The van der Waals surface area contributed by atoms with Crippen molar-refractivity contribution in [2.45, 2.75) is 47.0 Å². The fraction of sp³-hybridized carbons (Fsp3) is 0.714. The third kappa shape index (κ3) is 4.61. The Bertz CT molecular complexity index is 412. The van der Waals surface area contributed by atoms with E-state index in [-0.39, 0.29) is 5.91 Å².